The van der Waals surface area contributed by atoms with E-state index in [0.29, 0.717) is 18.9 Å². The maximum Gasteiger partial charge on any atom is 0.226 e. The third kappa shape index (κ3) is 3.51. The van der Waals surface area contributed by atoms with Crippen molar-refractivity contribution in [1.82, 2.24) is 10.3 Å². The summed E-state index contributed by atoms with van der Waals surface area (Å²) in [7, 11) is 0. The van der Waals surface area contributed by atoms with Crippen molar-refractivity contribution in [2.45, 2.75) is 38.6 Å². The second-order valence-electron chi connectivity index (χ2n) is 4.51. The molecule has 1 atom stereocenters. The molecule has 0 spiro atoms. The summed E-state index contributed by atoms with van der Waals surface area (Å²) in [5, 5.41) is 6.06. The number of rotatable bonds is 6. The Labute approximate surface area is 106 Å². The summed E-state index contributed by atoms with van der Waals surface area (Å²) in [6.07, 6.45) is 3.69. The Morgan fingerprint density at radius 2 is 2.47 bits per heavy atom. The summed E-state index contributed by atoms with van der Waals surface area (Å²) in [5.41, 5.74) is 6.52. The van der Waals surface area contributed by atoms with E-state index >= 15 is 0 Å². The van der Waals surface area contributed by atoms with Crippen molar-refractivity contribution < 1.29 is 4.79 Å². The van der Waals surface area contributed by atoms with E-state index in [1.54, 1.807) is 11.3 Å². The molecule has 0 aromatic carbocycles. The maximum atomic E-state index is 11.8. The zero-order chi connectivity index (χ0) is 12.3. The number of nitrogens with zero attached hydrogens (tertiary/aromatic N) is 1. The van der Waals surface area contributed by atoms with Gasteiger partial charge >= 0.3 is 0 Å². The van der Waals surface area contributed by atoms with Crippen molar-refractivity contribution in [3.63, 3.8) is 0 Å². The summed E-state index contributed by atoms with van der Waals surface area (Å²) < 4.78 is 0. The Balaban J connectivity index is 1.83. The van der Waals surface area contributed by atoms with Gasteiger partial charge in [-0.15, -0.1) is 11.3 Å². The highest BCUT2D eigenvalue weighted by Crippen LogP contribution is 2.32. The molecule has 2 rings (SSSR count). The first-order valence-electron chi connectivity index (χ1n) is 6.15. The summed E-state index contributed by atoms with van der Waals surface area (Å²) in [5.74, 6) is 0.644. The van der Waals surface area contributed by atoms with Crippen molar-refractivity contribution in [3.05, 3.63) is 16.1 Å². The average molecular weight is 253 g/mol. The number of hydrogen-bond acceptors (Lipinski definition) is 4. The fraction of sp³-hybridized carbons (Fsp3) is 0.667. The Morgan fingerprint density at radius 3 is 3.00 bits per heavy atom. The van der Waals surface area contributed by atoms with E-state index in [-0.39, 0.29) is 11.9 Å². The molecule has 1 fully saturated rings. The molecular weight excluding hydrogens is 234 g/mol. The van der Waals surface area contributed by atoms with Crippen molar-refractivity contribution in [2.75, 3.05) is 6.54 Å². The molecule has 0 radical (unpaired) electrons. The molecule has 1 aromatic heterocycles. The van der Waals surface area contributed by atoms with Crippen LogP contribution in [0, 0.1) is 5.92 Å². The van der Waals surface area contributed by atoms with Gasteiger partial charge in [0.05, 0.1) is 17.1 Å². The van der Waals surface area contributed by atoms with Gasteiger partial charge in [0.1, 0.15) is 0 Å². The van der Waals surface area contributed by atoms with Gasteiger partial charge < -0.3 is 11.1 Å². The molecule has 1 amide bonds. The van der Waals surface area contributed by atoms with Gasteiger partial charge in [0.15, 0.2) is 0 Å². The summed E-state index contributed by atoms with van der Waals surface area (Å²) in [6.45, 7) is 2.61. The summed E-state index contributed by atoms with van der Waals surface area (Å²) in [6, 6.07) is 0.159. The Hall–Kier alpha value is -0.940. The Morgan fingerprint density at radius 1 is 1.71 bits per heavy atom. The Bertz CT molecular complexity index is 387. The molecule has 0 bridgehead atoms. The van der Waals surface area contributed by atoms with Crippen LogP contribution in [0.25, 0.3) is 0 Å². The number of nitrogens with two attached hydrogens (primary N) is 1. The lowest BCUT2D eigenvalue weighted by molar-refractivity contribution is -0.121. The maximum absolute atomic E-state index is 11.8. The van der Waals surface area contributed by atoms with E-state index in [2.05, 4.69) is 17.2 Å². The highest BCUT2D eigenvalue weighted by atomic mass is 32.1. The van der Waals surface area contributed by atoms with Crippen LogP contribution < -0.4 is 11.1 Å². The van der Waals surface area contributed by atoms with E-state index in [4.69, 9.17) is 5.73 Å². The van der Waals surface area contributed by atoms with Gasteiger partial charge in [-0.05, 0) is 25.2 Å². The van der Waals surface area contributed by atoms with Crippen LogP contribution in [0.1, 0.15) is 30.5 Å². The summed E-state index contributed by atoms with van der Waals surface area (Å²) >= 11 is 1.62. The minimum absolute atomic E-state index is 0.0419. The van der Waals surface area contributed by atoms with Crippen molar-refractivity contribution in [2.24, 2.45) is 11.7 Å². The highest BCUT2D eigenvalue weighted by molar-refractivity contribution is 7.09. The molecule has 4 nitrogen and oxygen atoms in total. The molecule has 1 aromatic rings. The predicted octanol–water partition coefficient (Wildman–Crippen LogP) is 1.10. The molecule has 1 unspecified atom stereocenters. The molecule has 3 N–H and O–H groups in total. The van der Waals surface area contributed by atoms with Gasteiger partial charge in [-0.2, -0.15) is 0 Å². The average Bonchev–Trinajstić information content (AvgIpc) is 3.07. The topological polar surface area (TPSA) is 68.0 Å². The second-order valence-corrected chi connectivity index (χ2v) is 5.45. The standard InChI is InChI=1S/C12H19N3OS/c1-2-12-14-9(7-17-12)5-11(16)15-10(6-13)8-3-4-8/h7-8,10H,2-6,13H2,1H3,(H,15,16). The minimum Gasteiger partial charge on any atom is -0.351 e. The van der Waals surface area contributed by atoms with Crippen molar-refractivity contribution in [3.8, 4) is 0 Å². The van der Waals surface area contributed by atoms with E-state index in [9.17, 15) is 4.79 Å². The van der Waals surface area contributed by atoms with E-state index < -0.39 is 0 Å². The lowest BCUT2D eigenvalue weighted by Gasteiger charge is -2.15. The first-order valence-corrected chi connectivity index (χ1v) is 7.03. The normalized spacial score (nSPS) is 16.8. The lowest BCUT2D eigenvalue weighted by atomic mass is 10.2. The first-order chi connectivity index (χ1) is 8.22. The monoisotopic (exact) mass is 253 g/mol. The third-order valence-corrected chi connectivity index (χ3v) is 4.08. The fourth-order valence-corrected chi connectivity index (χ4v) is 2.63. The largest absolute Gasteiger partial charge is 0.351 e. The van der Waals surface area contributed by atoms with Crippen LogP contribution in [-0.4, -0.2) is 23.5 Å². The minimum atomic E-state index is 0.0419. The smallest absolute Gasteiger partial charge is 0.226 e. The molecular formula is C12H19N3OS. The molecule has 5 heteroatoms. The van der Waals surface area contributed by atoms with Crippen LogP contribution in [0.2, 0.25) is 0 Å². The van der Waals surface area contributed by atoms with Crippen molar-refractivity contribution in [1.29, 1.82) is 0 Å². The third-order valence-electron chi connectivity index (χ3n) is 3.03. The van der Waals surface area contributed by atoms with Crippen LogP contribution in [0.3, 0.4) is 0 Å². The van der Waals surface area contributed by atoms with E-state index in [1.165, 1.54) is 12.8 Å². The number of amides is 1. The van der Waals surface area contributed by atoms with Crippen LogP contribution in [0.15, 0.2) is 5.38 Å². The molecule has 1 heterocycles. The van der Waals surface area contributed by atoms with Crippen LogP contribution in [-0.2, 0) is 17.6 Å². The number of hydrogen-bond donors (Lipinski definition) is 2. The quantitative estimate of drug-likeness (QED) is 0.798. The van der Waals surface area contributed by atoms with Crippen LogP contribution in [0.4, 0.5) is 0 Å². The first kappa shape index (κ1) is 12.5. The van der Waals surface area contributed by atoms with Gasteiger partial charge in [-0.1, -0.05) is 6.92 Å². The SMILES string of the molecule is CCc1nc(CC(=O)NC(CN)C2CC2)cs1. The molecule has 1 saturated carbocycles. The molecule has 17 heavy (non-hydrogen) atoms. The van der Waals surface area contributed by atoms with Crippen molar-refractivity contribution >= 4 is 17.2 Å². The molecule has 1 aliphatic rings. The zero-order valence-electron chi connectivity index (χ0n) is 10.1. The number of carbonyl (C=O) groups is 1. The van der Waals surface area contributed by atoms with Gasteiger partial charge in [0.25, 0.3) is 0 Å². The number of nitrogens with one attached hydrogen (secondary N) is 1. The van der Waals surface area contributed by atoms with Crippen LogP contribution in [0.5, 0.6) is 0 Å². The van der Waals surface area contributed by atoms with E-state index in [0.717, 1.165) is 17.1 Å². The highest BCUT2D eigenvalue weighted by Gasteiger charge is 2.31. The lowest BCUT2D eigenvalue weighted by Crippen LogP contribution is -2.42. The number of aryl methyl sites for hydroxylation is 1. The van der Waals surface area contributed by atoms with Gasteiger partial charge in [0.2, 0.25) is 5.91 Å². The number of aromatic nitrogens is 1. The fourth-order valence-electron chi connectivity index (χ4n) is 1.88. The molecule has 0 saturated heterocycles. The van der Waals surface area contributed by atoms with Gasteiger partial charge in [-0.25, -0.2) is 4.98 Å². The molecule has 94 valence electrons. The number of thiazole rings is 1. The zero-order valence-corrected chi connectivity index (χ0v) is 10.9. The van der Waals surface area contributed by atoms with Gasteiger partial charge in [0, 0.05) is 18.0 Å². The predicted molar refractivity (Wildman–Crippen MR) is 68.9 cm³/mol. The number of carbonyl (C=O) groups excluding carboxylic acids is 1. The van der Waals surface area contributed by atoms with Gasteiger partial charge in [-0.3, -0.25) is 4.79 Å². The van der Waals surface area contributed by atoms with E-state index in [1.807, 2.05) is 5.38 Å². The second kappa shape index (κ2) is 5.60. The van der Waals surface area contributed by atoms with Crippen LogP contribution >= 0.6 is 11.3 Å². The molecule has 0 aliphatic heterocycles. The summed E-state index contributed by atoms with van der Waals surface area (Å²) in [4.78, 5) is 16.2. The Kier molecular flexibility index (Phi) is 4.12. The molecule has 1 aliphatic carbocycles.